The van der Waals surface area contributed by atoms with Gasteiger partial charge in [0.05, 0.1) is 22.4 Å². The van der Waals surface area contributed by atoms with E-state index in [1.807, 2.05) is 17.0 Å². The van der Waals surface area contributed by atoms with Crippen LogP contribution in [0.1, 0.15) is 51.0 Å². The minimum absolute atomic E-state index is 0.205. The Morgan fingerprint density at radius 2 is 1.90 bits per heavy atom. The Balaban J connectivity index is 1.15. The van der Waals surface area contributed by atoms with Gasteiger partial charge in [-0.2, -0.15) is 0 Å². The first kappa shape index (κ1) is 19.9. The van der Waals surface area contributed by atoms with E-state index in [4.69, 9.17) is 4.74 Å². The molecule has 1 saturated heterocycles. The summed E-state index contributed by atoms with van der Waals surface area (Å²) in [7, 11) is 0. The van der Waals surface area contributed by atoms with Gasteiger partial charge in [0.2, 0.25) is 5.91 Å². The highest BCUT2D eigenvalue weighted by atomic mass is 16.5. The molecule has 2 aromatic rings. The lowest BCUT2D eigenvalue weighted by Gasteiger charge is -2.36. The van der Waals surface area contributed by atoms with Gasteiger partial charge in [0.1, 0.15) is 6.61 Å². The topological polar surface area (TPSA) is 90.2 Å². The molecule has 1 aromatic heterocycles. The van der Waals surface area contributed by atoms with Crippen molar-refractivity contribution < 1.29 is 14.3 Å². The number of amides is 1. The van der Waals surface area contributed by atoms with Crippen molar-refractivity contribution in [1.82, 2.24) is 25.1 Å². The largest absolute Gasteiger partial charge is 0.456 e. The molecular formula is C23H27N5O3. The van der Waals surface area contributed by atoms with Crippen molar-refractivity contribution in [1.29, 1.82) is 0 Å². The van der Waals surface area contributed by atoms with E-state index in [1.165, 1.54) is 16.7 Å². The number of carbonyl (C=O) groups excluding carboxylic acids is 2. The number of benzene rings is 1. The highest BCUT2D eigenvalue weighted by molar-refractivity contribution is 5.94. The maximum atomic E-state index is 13.2. The third kappa shape index (κ3) is 3.64. The standard InChI is InChI=1S/C23H27N5O3/c1-16-20(14-31-21(16)29)27-13-12-23(22(27)30)10-8-18(9-11-23)3-2-17-4-6-19(7-5-17)28-25-15-24-26-28/h4-7,15,18H,2-3,8-14H2,1H3. The molecule has 0 atom stereocenters. The van der Waals surface area contributed by atoms with Crippen molar-refractivity contribution >= 4 is 11.9 Å². The van der Waals surface area contributed by atoms with Gasteiger partial charge in [0.25, 0.3) is 0 Å². The predicted octanol–water partition coefficient (Wildman–Crippen LogP) is 2.83. The van der Waals surface area contributed by atoms with Crippen molar-refractivity contribution in [2.75, 3.05) is 13.2 Å². The van der Waals surface area contributed by atoms with E-state index >= 15 is 0 Å². The molecular weight excluding hydrogens is 394 g/mol. The van der Waals surface area contributed by atoms with Crippen LogP contribution in [0.5, 0.6) is 0 Å². The van der Waals surface area contributed by atoms with Crippen LogP contribution in [0.15, 0.2) is 41.9 Å². The molecule has 2 aliphatic heterocycles. The summed E-state index contributed by atoms with van der Waals surface area (Å²) in [4.78, 5) is 28.3. The number of ether oxygens (including phenoxy) is 1. The van der Waals surface area contributed by atoms with Crippen LogP contribution in [-0.2, 0) is 20.7 Å². The number of hydrogen-bond acceptors (Lipinski definition) is 6. The summed E-state index contributed by atoms with van der Waals surface area (Å²) in [5.41, 5.74) is 3.34. The van der Waals surface area contributed by atoms with E-state index in [1.54, 1.807) is 6.92 Å². The summed E-state index contributed by atoms with van der Waals surface area (Å²) in [6.07, 6.45) is 8.58. The van der Waals surface area contributed by atoms with Crippen molar-refractivity contribution in [2.24, 2.45) is 11.3 Å². The van der Waals surface area contributed by atoms with Crippen molar-refractivity contribution in [3.8, 4) is 5.69 Å². The van der Waals surface area contributed by atoms with E-state index in [2.05, 4.69) is 27.5 Å². The second-order valence-corrected chi connectivity index (χ2v) is 9.01. The number of cyclic esters (lactones) is 1. The Hall–Kier alpha value is -3.03. The van der Waals surface area contributed by atoms with Crippen LogP contribution in [0.25, 0.3) is 5.69 Å². The number of hydrogen-bond donors (Lipinski definition) is 0. The van der Waals surface area contributed by atoms with Gasteiger partial charge < -0.3 is 9.64 Å². The molecule has 1 aromatic carbocycles. The molecule has 0 N–H and O–H groups in total. The zero-order chi connectivity index (χ0) is 21.4. The zero-order valence-electron chi connectivity index (χ0n) is 17.8. The average molecular weight is 422 g/mol. The molecule has 3 heterocycles. The summed E-state index contributed by atoms with van der Waals surface area (Å²) in [5, 5.41) is 11.7. The van der Waals surface area contributed by atoms with E-state index in [9.17, 15) is 9.59 Å². The molecule has 8 nitrogen and oxygen atoms in total. The molecule has 5 rings (SSSR count). The molecule has 2 fully saturated rings. The number of aromatic nitrogens is 4. The summed E-state index contributed by atoms with van der Waals surface area (Å²) in [6, 6.07) is 8.30. The van der Waals surface area contributed by atoms with E-state index in [-0.39, 0.29) is 23.9 Å². The number of tetrazole rings is 1. The molecule has 0 bridgehead atoms. The molecule has 1 spiro atoms. The SMILES string of the molecule is CC1=C(N2CCC3(CCC(CCc4ccc(-n5ncnn5)cc4)CC3)C2=O)COC1=O. The Bertz CT molecular complexity index is 1000. The van der Waals surface area contributed by atoms with Crippen LogP contribution >= 0.6 is 0 Å². The second kappa shape index (κ2) is 7.90. The fraction of sp³-hybridized carbons (Fsp3) is 0.522. The fourth-order valence-electron chi connectivity index (χ4n) is 5.26. The Kier molecular flexibility index (Phi) is 5.08. The van der Waals surface area contributed by atoms with Crippen LogP contribution in [-0.4, -0.2) is 50.1 Å². The molecule has 3 aliphatic rings. The summed E-state index contributed by atoms with van der Waals surface area (Å²) in [6.45, 7) is 2.70. The van der Waals surface area contributed by atoms with E-state index < -0.39 is 0 Å². The number of carbonyl (C=O) groups is 2. The van der Waals surface area contributed by atoms with Gasteiger partial charge in [-0.1, -0.05) is 12.1 Å². The van der Waals surface area contributed by atoms with Crippen molar-refractivity contribution in [3.63, 3.8) is 0 Å². The number of nitrogens with zero attached hydrogens (tertiary/aromatic N) is 5. The minimum Gasteiger partial charge on any atom is -0.456 e. The summed E-state index contributed by atoms with van der Waals surface area (Å²) < 4.78 is 5.12. The lowest BCUT2D eigenvalue weighted by atomic mass is 9.68. The highest BCUT2D eigenvalue weighted by Gasteiger charge is 2.50. The van der Waals surface area contributed by atoms with Gasteiger partial charge in [0.15, 0.2) is 6.33 Å². The van der Waals surface area contributed by atoms with Gasteiger partial charge in [-0.15, -0.1) is 15.0 Å². The molecule has 1 amide bonds. The molecule has 8 heteroatoms. The van der Waals surface area contributed by atoms with Crippen LogP contribution in [0.3, 0.4) is 0 Å². The lowest BCUT2D eigenvalue weighted by molar-refractivity contribution is -0.138. The van der Waals surface area contributed by atoms with Crippen LogP contribution in [0.2, 0.25) is 0 Å². The normalized spacial score (nSPS) is 26.2. The number of aryl methyl sites for hydroxylation is 1. The minimum atomic E-state index is -0.293. The maximum Gasteiger partial charge on any atom is 0.336 e. The smallest absolute Gasteiger partial charge is 0.336 e. The first-order valence-electron chi connectivity index (χ1n) is 11.1. The fourth-order valence-corrected chi connectivity index (χ4v) is 5.26. The van der Waals surface area contributed by atoms with Gasteiger partial charge in [-0.25, -0.2) is 4.79 Å². The van der Waals surface area contributed by atoms with Crippen LogP contribution < -0.4 is 0 Å². The third-order valence-electron chi connectivity index (χ3n) is 7.34. The first-order chi connectivity index (χ1) is 15.1. The second-order valence-electron chi connectivity index (χ2n) is 9.01. The monoisotopic (exact) mass is 421 g/mol. The molecule has 0 radical (unpaired) electrons. The zero-order valence-corrected chi connectivity index (χ0v) is 17.8. The predicted molar refractivity (Wildman–Crippen MR) is 112 cm³/mol. The molecule has 162 valence electrons. The summed E-state index contributed by atoms with van der Waals surface area (Å²) >= 11 is 0. The van der Waals surface area contributed by atoms with Crippen molar-refractivity contribution in [2.45, 2.75) is 51.9 Å². The van der Waals surface area contributed by atoms with Crippen molar-refractivity contribution in [3.05, 3.63) is 47.4 Å². The average Bonchev–Trinajstić information content (AvgIpc) is 3.51. The Labute approximate surface area is 181 Å². The number of likely N-dealkylation sites (tertiary alicyclic amines) is 1. The molecule has 1 saturated carbocycles. The van der Waals surface area contributed by atoms with Crippen LogP contribution in [0, 0.1) is 11.3 Å². The van der Waals surface area contributed by atoms with Gasteiger partial charge in [-0.3, -0.25) is 4.79 Å². The Morgan fingerprint density at radius 1 is 1.13 bits per heavy atom. The lowest BCUT2D eigenvalue weighted by Crippen LogP contribution is -2.37. The van der Waals surface area contributed by atoms with Gasteiger partial charge in [-0.05, 0) is 80.7 Å². The number of rotatable bonds is 5. The third-order valence-corrected chi connectivity index (χ3v) is 7.34. The molecule has 31 heavy (non-hydrogen) atoms. The van der Waals surface area contributed by atoms with E-state index in [0.717, 1.165) is 56.3 Å². The Morgan fingerprint density at radius 3 is 2.55 bits per heavy atom. The maximum absolute atomic E-state index is 13.2. The van der Waals surface area contributed by atoms with Gasteiger partial charge >= 0.3 is 5.97 Å². The quantitative estimate of drug-likeness (QED) is 0.690. The number of esters is 1. The highest BCUT2D eigenvalue weighted by Crippen LogP contribution is 2.48. The van der Waals surface area contributed by atoms with E-state index in [0.29, 0.717) is 18.0 Å². The molecule has 1 aliphatic carbocycles. The first-order valence-corrected chi connectivity index (χ1v) is 11.1. The van der Waals surface area contributed by atoms with Gasteiger partial charge in [0, 0.05) is 6.54 Å². The van der Waals surface area contributed by atoms with Crippen LogP contribution in [0.4, 0.5) is 0 Å². The molecule has 0 unspecified atom stereocenters. The summed E-state index contributed by atoms with van der Waals surface area (Å²) in [5.74, 6) is 0.565.